The van der Waals surface area contributed by atoms with Gasteiger partial charge in [-0.25, -0.2) is 9.41 Å². The number of nitrogens with zero attached hydrogens (tertiary/aromatic N) is 2. The first kappa shape index (κ1) is 18.7. The van der Waals surface area contributed by atoms with Crippen LogP contribution in [0.3, 0.4) is 0 Å². The molecule has 7 rings (SSSR count). The van der Waals surface area contributed by atoms with Gasteiger partial charge in [0.25, 0.3) is 0 Å². The minimum atomic E-state index is -2.83. The predicted octanol–water partition coefficient (Wildman–Crippen LogP) is 11.1. The zero-order chi connectivity index (χ0) is 38.3. The average Bonchev–Trinajstić information content (AvgIpc) is 3.46. The van der Waals surface area contributed by atoms with Gasteiger partial charge in [-0.15, -0.1) is 0 Å². The van der Waals surface area contributed by atoms with Crippen molar-refractivity contribution in [3.63, 3.8) is 0 Å². The Morgan fingerprint density at radius 2 is 1.58 bits per heavy atom. The standard InChI is InChI=1S/C40H43N2O/c1-25-10-12-33-32-13-11-31(41-5)22-36(32)43-39(33)38(25)35-23-34(28(4)24-42(35)6)37-26(2)20-30(21-27(37)3)29-14-18-40(19-15-29)16-8-7-9-17-40/h10-13,20-24,29H,7-9,14-19H2,1-4,6H3/q+1/i2D3,3D3,4D3,29D. The molecule has 0 amide bonds. The van der Waals surface area contributed by atoms with Crippen molar-refractivity contribution in [1.82, 2.24) is 0 Å². The van der Waals surface area contributed by atoms with Gasteiger partial charge in [-0.1, -0.05) is 55.7 Å². The van der Waals surface area contributed by atoms with Gasteiger partial charge in [0, 0.05) is 36.1 Å². The summed E-state index contributed by atoms with van der Waals surface area (Å²) in [6, 6.07) is 13.5. The Morgan fingerprint density at radius 1 is 0.860 bits per heavy atom. The summed E-state index contributed by atoms with van der Waals surface area (Å²) < 4.78 is 95.7. The Balaban J connectivity index is 1.49. The van der Waals surface area contributed by atoms with E-state index in [-0.39, 0.29) is 33.2 Å². The van der Waals surface area contributed by atoms with Gasteiger partial charge in [0.15, 0.2) is 11.9 Å². The van der Waals surface area contributed by atoms with Crippen LogP contribution in [0.4, 0.5) is 5.69 Å². The molecular weight excluding hydrogens is 524 g/mol. The molecule has 43 heavy (non-hydrogen) atoms. The Hall–Kier alpha value is -3.90. The van der Waals surface area contributed by atoms with Crippen molar-refractivity contribution in [3.05, 3.63) is 94.0 Å². The van der Waals surface area contributed by atoms with Crippen LogP contribution in [0.15, 0.2) is 59.1 Å². The number of aromatic nitrogens is 1. The summed E-state index contributed by atoms with van der Waals surface area (Å²) in [6.07, 6.45) is 9.88. The third kappa shape index (κ3) is 4.76. The lowest BCUT2D eigenvalue weighted by molar-refractivity contribution is -0.660. The van der Waals surface area contributed by atoms with E-state index < -0.39 is 26.4 Å². The summed E-state index contributed by atoms with van der Waals surface area (Å²) in [6.45, 7) is 0.934. The van der Waals surface area contributed by atoms with E-state index in [1.54, 1.807) is 29.8 Å². The van der Waals surface area contributed by atoms with Gasteiger partial charge in [0.1, 0.15) is 18.2 Å². The zero-order valence-electron chi connectivity index (χ0n) is 34.9. The van der Waals surface area contributed by atoms with Crippen molar-refractivity contribution >= 4 is 27.6 Å². The predicted molar refractivity (Wildman–Crippen MR) is 178 cm³/mol. The fourth-order valence-corrected chi connectivity index (χ4v) is 7.73. The average molecular weight is 578 g/mol. The summed E-state index contributed by atoms with van der Waals surface area (Å²) >= 11 is 0. The number of benzene rings is 3. The van der Waals surface area contributed by atoms with E-state index in [9.17, 15) is 1.37 Å². The highest BCUT2D eigenvalue weighted by molar-refractivity contribution is 6.10. The lowest BCUT2D eigenvalue weighted by Crippen LogP contribution is -2.31. The van der Waals surface area contributed by atoms with Crippen molar-refractivity contribution in [1.29, 1.82) is 0 Å². The first-order valence-electron chi connectivity index (χ1n) is 20.3. The third-order valence-corrected chi connectivity index (χ3v) is 10.1. The van der Waals surface area contributed by atoms with E-state index >= 15 is 0 Å². The first-order valence-corrected chi connectivity index (χ1v) is 15.3. The third-order valence-electron chi connectivity index (χ3n) is 10.1. The van der Waals surface area contributed by atoms with Gasteiger partial charge < -0.3 is 4.42 Å². The van der Waals surface area contributed by atoms with Gasteiger partial charge in [0.05, 0.1) is 12.1 Å². The Bertz CT molecular complexity index is 2260. The molecule has 0 unspecified atom stereocenters. The molecule has 0 atom stereocenters. The quantitative estimate of drug-likeness (QED) is 0.154. The molecule has 3 aromatic carbocycles. The second-order valence-corrected chi connectivity index (χ2v) is 12.7. The molecule has 2 heterocycles. The smallest absolute Gasteiger partial charge is 0.216 e. The van der Waals surface area contributed by atoms with Crippen LogP contribution >= 0.6 is 0 Å². The van der Waals surface area contributed by atoms with E-state index in [2.05, 4.69) is 4.85 Å². The maximum Gasteiger partial charge on any atom is 0.216 e. The fraction of sp³-hybridized carbons (Fsp3) is 0.400. The second kappa shape index (κ2) is 10.7. The minimum absolute atomic E-state index is 0.0199. The van der Waals surface area contributed by atoms with Crippen molar-refractivity contribution in [2.75, 3.05) is 0 Å². The maximum absolute atomic E-state index is 9.64. The van der Waals surface area contributed by atoms with Gasteiger partial charge >= 0.3 is 0 Å². The zero-order valence-corrected chi connectivity index (χ0v) is 24.9. The van der Waals surface area contributed by atoms with E-state index in [4.69, 9.17) is 23.3 Å². The highest BCUT2D eigenvalue weighted by atomic mass is 16.3. The second-order valence-electron chi connectivity index (χ2n) is 12.7. The monoisotopic (exact) mass is 577 g/mol. The molecule has 218 valence electrons. The number of hydrogen-bond donors (Lipinski definition) is 0. The van der Waals surface area contributed by atoms with E-state index in [1.165, 1.54) is 37.6 Å². The lowest BCUT2D eigenvalue weighted by Gasteiger charge is -2.43. The van der Waals surface area contributed by atoms with Crippen LogP contribution in [0.5, 0.6) is 0 Å². The molecule has 5 aromatic rings. The molecular formula is C40H43N2O+. The number of hydrogen-bond acceptors (Lipinski definition) is 1. The number of furan rings is 1. The van der Waals surface area contributed by atoms with E-state index in [0.29, 0.717) is 46.5 Å². The van der Waals surface area contributed by atoms with Crippen molar-refractivity contribution in [2.45, 2.75) is 91.2 Å². The summed E-state index contributed by atoms with van der Waals surface area (Å²) in [4.78, 5) is 3.53. The Kier molecular flexibility index (Phi) is 4.64. The van der Waals surface area contributed by atoms with Gasteiger partial charge in [0.2, 0.25) is 5.69 Å². The molecule has 0 N–H and O–H groups in total. The number of fused-ring (bicyclic) bond motifs is 3. The van der Waals surface area contributed by atoms with Crippen molar-refractivity contribution < 1.29 is 22.7 Å². The first-order chi connectivity index (χ1) is 24.7. The highest BCUT2D eigenvalue weighted by Crippen LogP contribution is 2.51. The largest absolute Gasteiger partial charge is 0.456 e. The van der Waals surface area contributed by atoms with Crippen LogP contribution in [0.2, 0.25) is 0 Å². The van der Waals surface area contributed by atoms with Gasteiger partial charge in [-0.05, 0) is 117 Å². The van der Waals surface area contributed by atoms with Crippen LogP contribution in [-0.2, 0) is 7.05 Å². The molecule has 2 aromatic heterocycles. The fourth-order valence-electron chi connectivity index (χ4n) is 7.73. The van der Waals surface area contributed by atoms with Crippen LogP contribution in [-0.4, -0.2) is 0 Å². The molecule has 2 aliphatic carbocycles. The number of rotatable bonds is 3. The molecule has 3 nitrogen and oxygen atoms in total. The Morgan fingerprint density at radius 3 is 2.28 bits per heavy atom. The van der Waals surface area contributed by atoms with Crippen molar-refractivity contribution in [3.8, 4) is 22.4 Å². The lowest BCUT2D eigenvalue weighted by atomic mass is 9.62. The van der Waals surface area contributed by atoms with Gasteiger partial charge in [-0.2, -0.15) is 0 Å². The molecule has 3 heteroatoms. The molecule has 2 fully saturated rings. The molecule has 1 spiro atoms. The summed E-state index contributed by atoms with van der Waals surface area (Å²) in [5.74, 6) is -1.18. The normalized spacial score (nSPS) is 22.2. The van der Waals surface area contributed by atoms with E-state index in [0.717, 1.165) is 42.0 Å². The van der Waals surface area contributed by atoms with Crippen molar-refractivity contribution in [2.24, 2.45) is 12.5 Å². The molecule has 2 saturated carbocycles. The van der Waals surface area contributed by atoms with Crippen LogP contribution in [0.1, 0.15) is 105 Å². The highest BCUT2D eigenvalue weighted by Gasteiger charge is 2.36. The van der Waals surface area contributed by atoms with Crippen LogP contribution in [0, 0.1) is 39.5 Å². The summed E-state index contributed by atoms with van der Waals surface area (Å²) in [5, 5.41) is 1.57. The maximum atomic E-state index is 9.64. The molecule has 0 bridgehead atoms. The van der Waals surface area contributed by atoms with Crippen LogP contribution < -0.4 is 4.57 Å². The SMILES string of the molecule is [2H]C([2H])([2H])c1c[n+](C)c(-c2c(C)ccc3c2oc2cc([N+]#[C-])ccc23)cc1-c1c(C([2H])([2H])[2H])cc(C2([2H])CCC3(CCCCC3)CC2)cc1C([2H])([2H])[2H]. The molecule has 0 saturated heterocycles. The molecule has 0 radical (unpaired) electrons. The Labute approximate surface area is 270 Å². The topological polar surface area (TPSA) is 21.4 Å². The molecule has 2 aliphatic rings. The molecule has 0 aliphatic heterocycles. The number of pyridine rings is 1. The van der Waals surface area contributed by atoms with E-state index in [1.807, 2.05) is 25.1 Å². The number of aryl methyl sites for hydroxylation is 5. The minimum Gasteiger partial charge on any atom is -0.456 e. The van der Waals surface area contributed by atoms with Crippen LogP contribution in [0.25, 0.3) is 49.2 Å². The summed E-state index contributed by atoms with van der Waals surface area (Å²) in [7, 11) is 1.69. The summed E-state index contributed by atoms with van der Waals surface area (Å²) in [5.41, 5.74) is 2.92. The van der Waals surface area contributed by atoms with Gasteiger partial charge in [-0.3, -0.25) is 0 Å².